The van der Waals surface area contributed by atoms with Crippen LogP contribution in [0.25, 0.3) is 0 Å². The molecule has 1 N–H and O–H groups in total. The zero-order chi connectivity index (χ0) is 26.0. The molecule has 6 rings (SSSR count). The van der Waals surface area contributed by atoms with Gasteiger partial charge in [-0.1, -0.05) is 44.2 Å². The molecule has 0 amide bonds. The summed E-state index contributed by atoms with van der Waals surface area (Å²) in [6, 6.07) is 4.50. The molecule has 5 atom stereocenters. The number of benzene rings is 1. The minimum atomic E-state index is -0.310. The predicted molar refractivity (Wildman–Crippen MR) is 137 cm³/mol. The van der Waals surface area contributed by atoms with Crippen molar-refractivity contribution in [3.8, 4) is 5.75 Å². The van der Waals surface area contributed by atoms with Gasteiger partial charge in [0.25, 0.3) is 0 Å². The summed E-state index contributed by atoms with van der Waals surface area (Å²) in [4.78, 5) is 47.2. The third-order valence-corrected chi connectivity index (χ3v) is 9.48. The molecule has 0 radical (unpaired) electrons. The average molecular weight is 485 g/mol. The normalized spacial score (nSPS) is 34.5. The van der Waals surface area contributed by atoms with Crippen LogP contribution in [0.1, 0.15) is 73.6 Å². The van der Waals surface area contributed by atoms with E-state index in [0.29, 0.717) is 29.1 Å². The maximum absolute atomic E-state index is 12.4. The first kappa shape index (κ1) is 24.4. The number of fused-ring (bicyclic) bond motifs is 6. The molecule has 0 bridgehead atoms. The summed E-state index contributed by atoms with van der Waals surface area (Å²) < 4.78 is 0. The van der Waals surface area contributed by atoms with E-state index >= 15 is 0 Å². The maximum Gasteiger partial charge on any atom is 0.190 e. The van der Waals surface area contributed by atoms with Crippen LogP contribution in [-0.4, -0.2) is 28.2 Å². The van der Waals surface area contributed by atoms with Crippen LogP contribution in [0, 0.1) is 28.6 Å². The molecule has 0 aromatic heterocycles. The smallest absolute Gasteiger partial charge is 0.190 e. The zero-order valence-electron chi connectivity index (χ0n) is 21.1. The van der Waals surface area contributed by atoms with Crippen molar-refractivity contribution in [1.82, 2.24) is 0 Å². The largest absolute Gasteiger partial charge is 0.507 e. The van der Waals surface area contributed by atoms with Crippen LogP contribution < -0.4 is 0 Å². The van der Waals surface area contributed by atoms with Gasteiger partial charge in [-0.15, -0.1) is 0 Å². The average Bonchev–Trinajstić information content (AvgIpc) is 3.14. The number of allylic oxidation sites excluding steroid dienone is 7. The maximum atomic E-state index is 12.4. The molecule has 0 heterocycles. The number of carbonyl (C=O) groups excluding carboxylic acids is 4. The summed E-state index contributed by atoms with van der Waals surface area (Å²) in [7, 11) is 0. The van der Waals surface area contributed by atoms with Gasteiger partial charge in [0.15, 0.2) is 17.3 Å². The van der Waals surface area contributed by atoms with Crippen molar-refractivity contribution >= 4 is 23.1 Å². The second-order valence-corrected chi connectivity index (χ2v) is 11.4. The van der Waals surface area contributed by atoms with Gasteiger partial charge in [-0.3, -0.25) is 19.2 Å². The molecule has 186 valence electrons. The minimum absolute atomic E-state index is 0.0686. The predicted octanol–water partition coefficient (Wildman–Crippen LogP) is 5.75. The number of ketones is 4. The SMILES string of the molecule is C=C1C[C@@H]2[C@H](CC[C@]3(C)C(=O)CC[C@@H]23)[C@@]2(C)C=CC(=O)C=C12.CC1=CC(=O)c2c(O)cccc2C1=O. The summed E-state index contributed by atoms with van der Waals surface area (Å²) in [5.74, 6) is 1.50. The van der Waals surface area contributed by atoms with Crippen LogP contribution in [0.2, 0.25) is 0 Å². The Kier molecular flexibility index (Phi) is 5.66. The lowest BCUT2D eigenvalue weighted by atomic mass is 9.48. The molecule has 0 spiro atoms. The Labute approximate surface area is 211 Å². The highest BCUT2D eigenvalue weighted by Gasteiger charge is 2.59. The summed E-state index contributed by atoms with van der Waals surface area (Å²) in [5, 5.41) is 9.43. The monoisotopic (exact) mass is 484 g/mol. The molecule has 0 saturated heterocycles. The number of carbonyl (C=O) groups is 4. The number of Topliss-reactive ketones (excluding diaryl/α,β-unsaturated/α-hetero) is 2. The third kappa shape index (κ3) is 3.51. The van der Waals surface area contributed by atoms with Crippen molar-refractivity contribution in [2.24, 2.45) is 28.6 Å². The second kappa shape index (κ2) is 8.36. The number of phenols is 1. The Hall–Kier alpha value is -3.34. The van der Waals surface area contributed by atoms with E-state index in [0.717, 1.165) is 43.3 Å². The number of phenolic OH excluding ortho intramolecular Hbond substituents is 1. The Morgan fingerprint density at radius 3 is 2.53 bits per heavy atom. The van der Waals surface area contributed by atoms with E-state index in [1.165, 1.54) is 12.1 Å². The van der Waals surface area contributed by atoms with Crippen molar-refractivity contribution in [2.45, 2.75) is 52.9 Å². The van der Waals surface area contributed by atoms with Gasteiger partial charge in [0.05, 0.1) is 5.56 Å². The van der Waals surface area contributed by atoms with Crippen molar-refractivity contribution in [3.63, 3.8) is 0 Å². The van der Waals surface area contributed by atoms with Crippen LogP contribution in [0.5, 0.6) is 5.75 Å². The van der Waals surface area contributed by atoms with Crippen molar-refractivity contribution in [1.29, 1.82) is 0 Å². The molecule has 0 aliphatic heterocycles. The second-order valence-electron chi connectivity index (χ2n) is 11.4. The van der Waals surface area contributed by atoms with Gasteiger partial charge in [0.1, 0.15) is 11.5 Å². The third-order valence-electron chi connectivity index (χ3n) is 9.48. The number of hydrogen-bond acceptors (Lipinski definition) is 5. The molecule has 0 unspecified atom stereocenters. The van der Waals surface area contributed by atoms with E-state index in [1.54, 1.807) is 31.2 Å². The molecule has 5 heteroatoms. The van der Waals surface area contributed by atoms with Gasteiger partial charge in [-0.2, -0.15) is 0 Å². The van der Waals surface area contributed by atoms with Crippen LogP contribution in [-0.2, 0) is 9.59 Å². The Bertz CT molecular complexity index is 1320. The fourth-order valence-electron chi connectivity index (χ4n) is 7.51. The van der Waals surface area contributed by atoms with Crippen LogP contribution >= 0.6 is 0 Å². The Morgan fingerprint density at radius 1 is 1.03 bits per heavy atom. The standard InChI is InChI=1S/C20H24O2.C11H8O3/c1-12-10-14-15-4-5-18(22)20(15,3)9-7-16(14)19(2)8-6-13(21)11-17(12)19;1-6-5-9(13)10-7(11(6)14)3-2-4-8(10)12/h6,8,11,14-16H,1,4-5,7,9-10H2,2-3H3;2-5,12H,1H3/t14-,15-,16-,19+,20-;/m0./s1. The van der Waals surface area contributed by atoms with Crippen molar-refractivity contribution in [2.75, 3.05) is 0 Å². The lowest BCUT2D eigenvalue weighted by Gasteiger charge is -2.56. The lowest BCUT2D eigenvalue weighted by molar-refractivity contribution is -0.131. The van der Waals surface area contributed by atoms with Crippen LogP contribution in [0.15, 0.2) is 65.8 Å². The fraction of sp³-hybridized carbons (Fsp3) is 0.419. The topological polar surface area (TPSA) is 88.5 Å². The molecular weight excluding hydrogens is 452 g/mol. The van der Waals surface area contributed by atoms with Crippen LogP contribution in [0.3, 0.4) is 0 Å². The van der Waals surface area contributed by atoms with E-state index < -0.39 is 0 Å². The molecule has 5 nitrogen and oxygen atoms in total. The molecule has 36 heavy (non-hydrogen) atoms. The quantitative estimate of drug-likeness (QED) is 0.507. The first-order valence-electron chi connectivity index (χ1n) is 12.7. The molecule has 5 aliphatic carbocycles. The number of hydrogen-bond donors (Lipinski definition) is 1. The van der Waals surface area contributed by atoms with E-state index in [-0.39, 0.29) is 45.1 Å². The molecular formula is C31H32O5. The Balaban J connectivity index is 0.000000165. The van der Waals surface area contributed by atoms with Gasteiger partial charge in [-0.05, 0) is 80.2 Å². The molecule has 1 aromatic rings. The van der Waals surface area contributed by atoms with E-state index in [2.05, 4.69) is 26.5 Å². The van der Waals surface area contributed by atoms with Gasteiger partial charge >= 0.3 is 0 Å². The molecule has 3 fully saturated rings. The molecule has 3 saturated carbocycles. The fourth-order valence-corrected chi connectivity index (χ4v) is 7.51. The summed E-state index contributed by atoms with van der Waals surface area (Å²) in [6.07, 6.45) is 11.8. The number of aromatic hydroxyl groups is 1. The van der Waals surface area contributed by atoms with E-state index in [4.69, 9.17) is 0 Å². The molecule has 5 aliphatic rings. The first-order chi connectivity index (χ1) is 17.0. The van der Waals surface area contributed by atoms with E-state index in [1.807, 2.05) is 0 Å². The highest BCUT2D eigenvalue weighted by Crippen LogP contribution is 2.64. The zero-order valence-corrected chi connectivity index (χ0v) is 21.1. The van der Waals surface area contributed by atoms with Gasteiger partial charge in [0, 0.05) is 28.4 Å². The summed E-state index contributed by atoms with van der Waals surface area (Å²) in [5.41, 5.74) is 2.90. The van der Waals surface area contributed by atoms with Crippen molar-refractivity contribution < 1.29 is 24.3 Å². The highest BCUT2D eigenvalue weighted by molar-refractivity contribution is 6.25. The lowest BCUT2D eigenvalue weighted by Crippen LogP contribution is -2.50. The van der Waals surface area contributed by atoms with Crippen LogP contribution in [0.4, 0.5) is 0 Å². The van der Waals surface area contributed by atoms with Gasteiger partial charge in [0.2, 0.25) is 0 Å². The number of rotatable bonds is 0. The van der Waals surface area contributed by atoms with Crippen molar-refractivity contribution in [3.05, 3.63) is 76.9 Å². The first-order valence-corrected chi connectivity index (χ1v) is 12.7. The van der Waals surface area contributed by atoms with E-state index in [9.17, 15) is 24.3 Å². The highest BCUT2D eigenvalue weighted by atomic mass is 16.3. The minimum Gasteiger partial charge on any atom is -0.507 e. The molecule has 1 aromatic carbocycles. The van der Waals surface area contributed by atoms with Gasteiger partial charge < -0.3 is 5.11 Å². The summed E-state index contributed by atoms with van der Waals surface area (Å²) in [6.45, 7) is 10.3. The Morgan fingerprint density at radius 2 is 1.78 bits per heavy atom. The summed E-state index contributed by atoms with van der Waals surface area (Å²) >= 11 is 0. The van der Waals surface area contributed by atoms with Gasteiger partial charge in [-0.25, -0.2) is 0 Å².